The maximum atomic E-state index is 12.0. The van der Waals surface area contributed by atoms with Gasteiger partial charge in [-0.1, -0.05) is 19.9 Å². The Balaban J connectivity index is 1.45. The van der Waals surface area contributed by atoms with Gasteiger partial charge in [-0.15, -0.1) is 0 Å². The summed E-state index contributed by atoms with van der Waals surface area (Å²) in [6.45, 7) is 7.79. The molecule has 0 aromatic carbocycles. The normalized spacial score (nSPS) is 42.5. The first-order valence-electron chi connectivity index (χ1n) is 11.2. The number of rotatable bonds is 1. The van der Waals surface area contributed by atoms with Gasteiger partial charge in [0.05, 0.1) is 6.61 Å². The second-order valence-corrected chi connectivity index (χ2v) is 10.4. The van der Waals surface area contributed by atoms with Crippen LogP contribution in [-0.4, -0.2) is 17.6 Å². The van der Waals surface area contributed by atoms with Gasteiger partial charge in [-0.2, -0.15) is 0 Å². The molecule has 0 bridgehead atoms. The zero-order valence-electron chi connectivity index (χ0n) is 17.5. The second kappa shape index (κ2) is 6.43. The van der Waals surface area contributed by atoms with Crippen molar-refractivity contribution in [1.82, 2.24) is 4.98 Å². The highest BCUT2D eigenvalue weighted by molar-refractivity contribution is 5.73. The van der Waals surface area contributed by atoms with Crippen molar-refractivity contribution in [2.45, 2.75) is 65.7 Å². The molecular weight excluding hydrogens is 346 g/mol. The third-order valence-electron chi connectivity index (χ3n) is 9.15. The number of hydrogen-bond donors (Lipinski definition) is 0. The van der Waals surface area contributed by atoms with E-state index in [0.717, 1.165) is 24.2 Å². The van der Waals surface area contributed by atoms with E-state index in [1.54, 1.807) is 5.57 Å². The van der Waals surface area contributed by atoms with Crippen LogP contribution in [0.5, 0.6) is 0 Å². The predicted molar refractivity (Wildman–Crippen MR) is 110 cm³/mol. The summed E-state index contributed by atoms with van der Waals surface area (Å²) in [5, 5.41) is 0. The van der Waals surface area contributed by atoms with Crippen molar-refractivity contribution < 1.29 is 9.53 Å². The van der Waals surface area contributed by atoms with E-state index in [-0.39, 0.29) is 16.8 Å². The summed E-state index contributed by atoms with van der Waals surface area (Å²) in [6.07, 6.45) is 14.4. The monoisotopic (exact) mass is 379 g/mol. The van der Waals surface area contributed by atoms with Gasteiger partial charge in [0.2, 0.25) is 0 Å². The Kier molecular flexibility index (Phi) is 4.23. The zero-order chi connectivity index (χ0) is 19.5. The topological polar surface area (TPSA) is 39.2 Å². The van der Waals surface area contributed by atoms with Crippen molar-refractivity contribution in [1.29, 1.82) is 0 Å². The number of pyridine rings is 1. The predicted octanol–water partition coefficient (Wildman–Crippen LogP) is 5.58. The summed E-state index contributed by atoms with van der Waals surface area (Å²) in [6, 6.07) is 2.31. The smallest absolute Gasteiger partial charge is 0.305 e. The molecule has 0 N–H and O–H groups in total. The molecule has 3 aliphatic carbocycles. The fourth-order valence-corrected chi connectivity index (χ4v) is 7.55. The molecule has 1 aliphatic heterocycles. The van der Waals surface area contributed by atoms with Gasteiger partial charge in [0.15, 0.2) is 0 Å². The van der Waals surface area contributed by atoms with Gasteiger partial charge in [0.1, 0.15) is 0 Å². The van der Waals surface area contributed by atoms with E-state index in [2.05, 4.69) is 44.1 Å². The van der Waals surface area contributed by atoms with Gasteiger partial charge in [0, 0.05) is 18.8 Å². The summed E-state index contributed by atoms with van der Waals surface area (Å²) in [4.78, 5) is 16.4. The minimum Gasteiger partial charge on any atom is -0.465 e. The molecule has 0 amide bonds. The van der Waals surface area contributed by atoms with Crippen molar-refractivity contribution in [3.63, 3.8) is 0 Å². The van der Waals surface area contributed by atoms with Gasteiger partial charge in [-0.05, 0) is 103 Å². The maximum Gasteiger partial charge on any atom is 0.305 e. The van der Waals surface area contributed by atoms with E-state index in [9.17, 15) is 4.79 Å². The maximum absolute atomic E-state index is 12.0. The van der Waals surface area contributed by atoms with Crippen molar-refractivity contribution in [2.24, 2.45) is 34.5 Å². The lowest BCUT2D eigenvalue weighted by molar-refractivity contribution is -0.144. The number of carbonyl (C=O) groups excluding carboxylic acids is 1. The number of allylic oxidation sites excluding steroid dienone is 2. The molecule has 0 radical (unpaired) electrons. The van der Waals surface area contributed by atoms with Crippen LogP contribution in [-0.2, 0) is 9.53 Å². The van der Waals surface area contributed by atoms with Crippen LogP contribution in [0.3, 0.4) is 0 Å². The Morgan fingerprint density at radius 2 is 1.96 bits per heavy atom. The first-order valence-corrected chi connectivity index (χ1v) is 11.2. The molecule has 2 saturated carbocycles. The molecule has 3 nitrogen and oxygen atoms in total. The van der Waals surface area contributed by atoms with Gasteiger partial charge < -0.3 is 4.74 Å². The zero-order valence-corrected chi connectivity index (χ0v) is 17.5. The molecule has 150 valence electrons. The van der Waals surface area contributed by atoms with E-state index in [4.69, 9.17) is 4.74 Å². The summed E-state index contributed by atoms with van der Waals surface area (Å²) < 4.78 is 5.55. The van der Waals surface area contributed by atoms with Crippen LogP contribution in [0.2, 0.25) is 0 Å². The Bertz CT molecular complexity index is 830. The summed E-state index contributed by atoms with van der Waals surface area (Å²) in [7, 11) is 0. The van der Waals surface area contributed by atoms with Gasteiger partial charge in [-0.25, -0.2) is 0 Å². The standard InChI is InChI=1S/C25H33NO2/c1-16-12-17(14-26-13-16)20-6-7-21-19-5-4-18-15-28-23(27)9-11-24(18,2)22(19)8-10-25(20,21)3/h6,12-14,18-19,21-22H,4-5,7-11,15H2,1-3H3/t18-,19?,21-,22-,24-,25+/m0/s1. The highest BCUT2D eigenvalue weighted by Crippen LogP contribution is 2.66. The molecule has 1 unspecified atom stereocenters. The molecule has 0 spiro atoms. The second-order valence-electron chi connectivity index (χ2n) is 10.4. The molecule has 1 aromatic heterocycles. The lowest BCUT2D eigenvalue weighted by Gasteiger charge is -2.58. The molecule has 2 heterocycles. The van der Waals surface area contributed by atoms with E-state index in [1.165, 1.54) is 43.2 Å². The molecule has 4 aliphatic rings. The van der Waals surface area contributed by atoms with Crippen LogP contribution < -0.4 is 0 Å². The largest absolute Gasteiger partial charge is 0.465 e. The Morgan fingerprint density at radius 3 is 2.79 bits per heavy atom. The van der Waals surface area contributed by atoms with Crippen LogP contribution in [0.25, 0.3) is 5.57 Å². The van der Waals surface area contributed by atoms with Crippen molar-refractivity contribution in [2.75, 3.05) is 6.61 Å². The number of esters is 1. The van der Waals surface area contributed by atoms with E-state index in [0.29, 0.717) is 18.9 Å². The lowest BCUT2D eigenvalue weighted by Crippen LogP contribution is -2.51. The SMILES string of the molecule is Cc1cncc(C2=CC[C@H]3C4CC[C@H]5COC(=O)CC[C@]5(C)[C@H]4CC[C@]23C)c1. The number of cyclic esters (lactones) is 1. The minimum atomic E-state index is 0.0181. The number of carbonyl (C=O) groups is 1. The number of fused-ring (bicyclic) bond motifs is 5. The molecule has 3 fully saturated rings. The summed E-state index contributed by atoms with van der Waals surface area (Å²) >= 11 is 0. The third kappa shape index (κ3) is 2.61. The third-order valence-corrected chi connectivity index (χ3v) is 9.15. The first kappa shape index (κ1) is 18.4. The lowest BCUT2D eigenvalue weighted by atomic mass is 9.46. The van der Waals surface area contributed by atoms with Crippen LogP contribution in [0.1, 0.15) is 69.9 Å². The van der Waals surface area contributed by atoms with E-state index < -0.39 is 0 Å². The Labute approximate surface area is 169 Å². The van der Waals surface area contributed by atoms with E-state index >= 15 is 0 Å². The molecule has 6 atom stereocenters. The minimum absolute atomic E-state index is 0.0181. The van der Waals surface area contributed by atoms with Gasteiger partial charge in [-0.3, -0.25) is 9.78 Å². The average Bonchev–Trinajstić information content (AvgIpc) is 2.95. The first-order chi connectivity index (χ1) is 13.4. The van der Waals surface area contributed by atoms with Crippen molar-refractivity contribution >= 4 is 11.5 Å². The van der Waals surface area contributed by atoms with Crippen LogP contribution in [0, 0.1) is 41.4 Å². The molecule has 5 rings (SSSR count). The molecule has 28 heavy (non-hydrogen) atoms. The number of aromatic nitrogens is 1. The highest BCUT2D eigenvalue weighted by atomic mass is 16.5. The quantitative estimate of drug-likeness (QED) is 0.598. The van der Waals surface area contributed by atoms with Crippen molar-refractivity contribution in [3.8, 4) is 0 Å². The summed E-state index contributed by atoms with van der Waals surface area (Å²) in [5.74, 6) is 2.82. The summed E-state index contributed by atoms with van der Waals surface area (Å²) in [5.41, 5.74) is 4.66. The molecule has 1 saturated heterocycles. The Hall–Kier alpha value is -1.64. The number of nitrogens with zero attached hydrogens (tertiary/aromatic N) is 1. The molecule has 3 heteroatoms. The van der Waals surface area contributed by atoms with Crippen LogP contribution >= 0.6 is 0 Å². The Morgan fingerprint density at radius 1 is 1.11 bits per heavy atom. The van der Waals surface area contributed by atoms with Gasteiger partial charge in [0.25, 0.3) is 0 Å². The molecular formula is C25H33NO2. The van der Waals surface area contributed by atoms with E-state index in [1.807, 2.05) is 6.20 Å². The van der Waals surface area contributed by atoms with Gasteiger partial charge >= 0.3 is 5.97 Å². The highest BCUT2D eigenvalue weighted by Gasteiger charge is 2.58. The number of ether oxygens (including phenoxy) is 1. The number of hydrogen-bond acceptors (Lipinski definition) is 3. The van der Waals surface area contributed by atoms with Crippen LogP contribution in [0.4, 0.5) is 0 Å². The van der Waals surface area contributed by atoms with Crippen molar-refractivity contribution in [3.05, 3.63) is 35.7 Å². The average molecular weight is 380 g/mol. The fraction of sp³-hybridized carbons (Fsp3) is 0.680. The molecule has 1 aromatic rings. The van der Waals surface area contributed by atoms with Crippen LogP contribution in [0.15, 0.2) is 24.5 Å². The number of aryl methyl sites for hydroxylation is 1. The fourth-order valence-electron chi connectivity index (χ4n) is 7.55.